The van der Waals surface area contributed by atoms with E-state index in [1.165, 1.54) is 11.2 Å². The van der Waals surface area contributed by atoms with E-state index in [4.69, 9.17) is 17.8 Å². The maximum Gasteiger partial charge on any atom is 0.407 e. The van der Waals surface area contributed by atoms with Gasteiger partial charge in [0.1, 0.15) is 18.2 Å². The number of hydrogen-bond acceptors (Lipinski definition) is 8. The summed E-state index contributed by atoms with van der Waals surface area (Å²) in [4.78, 5) is 21.4. The Bertz CT molecular complexity index is 1010. The van der Waals surface area contributed by atoms with Crippen molar-refractivity contribution < 1.29 is 31.9 Å². The number of benzene rings is 1. The minimum absolute atomic E-state index is 0.0680. The molecule has 1 aromatic carbocycles. The van der Waals surface area contributed by atoms with Crippen molar-refractivity contribution in [2.45, 2.75) is 51.7 Å². The monoisotopic (exact) mass is 491 g/mol. The molecule has 0 spiro atoms. The molecule has 0 bridgehead atoms. The summed E-state index contributed by atoms with van der Waals surface area (Å²) in [6.07, 6.45) is 3.12. The van der Waals surface area contributed by atoms with E-state index in [1.807, 2.05) is 38.1 Å². The summed E-state index contributed by atoms with van der Waals surface area (Å²) in [5, 5.41) is 9.37. The summed E-state index contributed by atoms with van der Waals surface area (Å²) in [7, 11) is 0. The lowest BCUT2D eigenvalue weighted by Gasteiger charge is -2.37. The van der Waals surface area contributed by atoms with E-state index >= 15 is 0 Å². The van der Waals surface area contributed by atoms with Crippen molar-refractivity contribution in [3.8, 4) is 17.5 Å². The molecule has 1 amide bonds. The van der Waals surface area contributed by atoms with Gasteiger partial charge in [0.2, 0.25) is 11.8 Å². The highest BCUT2D eigenvalue weighted by Crippen LogP contribution is 2.31. The Labute approximate surface area is 201 Å². The fourth-order valence-corrected chi connectivity index (χ4v) is 4.88. The van der Waals surface area contributed by atoms with Crippen LogP contribution in [-0.4, -0.2) is 62.2 Å². The van der Waals surface area contributed by atoms with Crippen LogP contribution < -0.4 is 9.47 Å². The number of hydrogen-bond donors (Lipinski definition) is 1. The molecule has 1 aromatic heterocycles. The lowest BCUT2D eigenvalue weighted by molar-refractivity contribution is 0.0507. The molecule has 2 aliphatic rings. The highest BCUT2D eigenvalue weighted by atomic mass is 32.2. The van der Waals surface area contributed by atoms with Crippen LogP contribution in [0.25, 0.3) is 0 Å². The molecule has 0 unspecified atom stereocenters. The topological polar surface area (TPSA) is 120 Å². The van der Waals surface area contributed by atoms with Crippen molar-refractivity contribution >= 4 is 17.5 Å². The Balaban J connectivity index is 1.36. The van der Waals surface area contributed by atoms with Crippen LogP contribution in [0.5, 0.6) is 17.5 Å². The van der Waals surface area contributed by atoms with E-state index in [0.717, 1.165) is 18.4 Å². The van der Waals surface area contributed by atoms with Crippen molar-refractivity contribution in [2.75, 3.05) is 19.8 Å². The van der Waals surface area contributed by atoms with E-state index in [0.29, 0.717) is 55.7 Å². The molecule has 184 valence electrons. The van der Waals surface area contributed by atoms with Gasteiger partial charge in [0.15, 0.2) is 0 Å². The summed E-state index contributed by atoms with van der Waals surface area (Å²) in [5.41, 5.74) is 1.78. The third kappa shape index (κ3) is 6.02. The maximum atomic E-state index is 11.4. The fourth-order valence-electron chi connectivity index (χ4n) is 4.20. The van der Waals surface area contributed by atoms with E-state index < -0.39 is 17.5 Å². The van der Waals surface area contributed by atoms with Crippen LogP contribution in [0.3, 0.4) is 0 Å². The molecule has 2 aromatic rings. The van der Waals surface area contributed by atoms with Crippen LogP contribution in [-0.2, 0) is 26.1 Å². The number of rotatable bonds is 7. The Morgan fingerprint density at radius 2 is 1.91 bits per heavy atom. The normalized spacial score (nSPS) is 25.1. The second kappa shape index (κ2) is 11.1. The van der Waals surface area contributed by atoms with E-state index in [1.54, 1.807) is 0 Å². The van der Waals surface area contributed by atoms with Gasteiger partial charge < -0.3 is 19.5 Å². The minimum atomic E-state index is -1.63. The number of ether oxygens (including phenoxy) is 2. The molecule has 2 atom stereocenters. The molecule has 11 heteroatoms. The van der Waals surface area contributed by atoms with Crippen molar-refractivity contribution in [3.63, 3.8) is 0 Å². The van der Waals surface area contributed by atoms with Crippen molar-refractivity contribution in [2.24, 2.45) is 5.92 Å². The smallest absolute Gasteiger partial charge is 0.407 e. The SMILES string of the molecule is CC[C@H]1C[C@H](Oc2ncnc(Oc3ccc(CC4COS(=O)OC4)cc3)c2C)CCN1C(=O)O. The van der Waals surface area contributed by atoms with E-state index in [-0.39, 0.29) is 18.1 Å². The molecule has 2 aliphatic heterocycles. The van der Waals surface area contributed by atoms with Gasteiger partial charge in [-0.1, -0.05) is 19.1 Å². The predicted molar refractivity (Wildman–Crippen MR) is 123 cm³/mol. The third-order valence-corrected chi connectivity index (χ3v) is 6.77. The first-order valence-electron chi connectivity index (χ1n) is 11.4. The van der Waals surface area contributed by atoms with Gasteiger partial charge in [-0.3, -0.25) is 8.37 Å². The van der Waals surface area contributed by atoms with Gasteiger partial charge in [0.25, 0.3) is 0 Å². The molecular formula is C23H29N3O7S. The molecule has 0 aliphatic carbocycles. The summed E-state index contributed by atoms with van der Waals surface area (Å²) in [6.45, 7) is 5.07. The Morgan fingerprint density at radius 3 is 2.59 bits per heavy atom. The van der Waals surface area contributed by atoms with E-state index in [2.05, 4.69) is 9.97 Å². The summed E-state index contributed by atoms with van der Waals surface area (Å²) < 4.78 is 33.3. The number of carbonyl (C=O) groups is 1. The molecule has 3 heterocycles. The molecule has 10 nitrogen and oxygen atoms in total. The van der Waals surface area contributed by atoms with Crippen LogP contribution in [0.4, 0.5) is 4.79 Å². The van der Waals surface area contributed by atoms with Crippen LogP contribution in [0, 0.1) is 12.8 Å². The zero-order valence-corrected chi connectivity index (χ0v) is 20.0. The Morgan fingerprint density at radius 1 is 1.21 bits per heavy atom. The third-order valence-electron chi connectivity index (χ3n) is 6.12. The quantitative estimate of drug-likeness (QED) is 0.618. The van der Waals surface area contributed by atoms with Crippen molar-refractivity contribution in [3.05, 3.63) is 41.7 Å². The molecule has 0 radical (unpaired) electrons. The second-order valence-electron chi connectivity index (χ2n) is 8.50. The molecule has 0 saturated carbocycles. The van der Waals surface area contributed by atoms with Gasteiger partial charge in [-0.15, -0.1) is 0 Å². The molecule has 4 rings (SSSR count). The maximum absolute atomic E-state index is 11.4. The molecule has 34 heavy (non-hydrogen) atoms. The molecule has 2 fully saturated rings. The lowest BCUT2D eigenvalue weighted by Crippen LogP contribution is -2.48. The van der Waals surface area contributed by atoms with Crippen LogP contribution in [0.2, 0.25) is 0 Å². The zero-order chi connectivity index (χ0) is 24.1. The Kier molecular flexibility index (Phi) is 7.96. The standard InChI is InChI=1S/C23H29N3O7S/c1-3-18-11-20(8-9-26(18)23(27)28)33-22-15(2)21(24-14-25-22)32-19-6-4-16(5-7-19)10-17-12-30-34(29)31-13-17/h4-7,14,17-18,20H,3,8-13H2,1-2H3,(H,27,28)/t17?,18-,20+,34?/m0/s1. The first-order chi connectivity index (χ1) is 16.4. The fraction of sp³-hybridized carbons (Fsp3) is 0.522. The van der Waals surface area contributed by atoms with Crippen molar-refractivity contribution in [1.82, 2.24) is 14.9 Å². The largest absolute Gasteiger partial charge is 0.474 e. The van der Waals surface area contributed by atoms with Gasteiger partial charge in [0.05, 0.1) is 18.8 Å². The first kappa shape index (κ1) is 24.4. The van der Waals surface area contributed by atoms with Crippen LogP contribution in [0.15, 0.2) is 30.6 Å². The highest BCUT2D eigenvalue weighted by Gasteiger charge is 2.32. The van der Waals surface area contributed by atoms with Crippen LogP contribution >= 0.6 is 0 Å². The van der Waals surface area contributed by atoms with Crippen molar-refractivity contribution in [1.29, 1.82) is 0 Å². The average Bonchev–Trinajstić information content (AvgIpc) is 2.84. The second-order valence-corrected chi connectivity index (χ2v) is 9.38. The lowest BCUT2D eigenvalue weighted by atomic mass is 9.98. The summed E-state index contributed by atoms with van der Waals surface area (Å²) >= 11 is -1.63. The van der Waals surface area contributed by atoms with Gasteiger partial charge >= 0.3 is 17.5 Å². The number of aromatic nitrogens is 2. The minimum Gasteiger partial charge on any atom is -0.474 e. The number of carboxylic acid groups (broad SMARTS) is 1. The van der Waals surface area contributed by atoms with Gasteiger partial charge in [0, 0.05) is 31.3 Å². The zero-order valence-electron chi connectivity index (χ0n) is 19.2. The van der Waals surface area contributed by atoms with Gasteiger partial charge in [-0.05, 0) is 37.5 Å². The molecule has 2 saturated heterocycles. The summed E-state index contributed by atoms with van der Waals surface area (Å²) in [6, 6.07) is 7.61. The Hall–Kier alpha value is -2.76. The predicted octanol–water partition coefficient (Wildman–Crippen LogP) is 3.66. The molecule has 1 N–H and O–H groups in total. The van der Waals surface area contributed by atoms with Gasteiger partial charge in [-0.2, -0.15) is 4.21 Å². The average molecular weight is 492 g/mol. The highest BCUT2D eigenvalue weighted by molar-refractivity contribution is 7.75. The first-order valence-corrected chi connectivity index (χ1v) is 12.4. The number of piperidine rings is 1. The number of likely N-dealkylation sites (tertiary alicyclic amines) is 1. The van der Waals surface area contributed by atoms with E-state index in [9.17, 15) is 14.1 Å². The van der Waals surface area contributed by atoms with Gasteiger partial charge in [-0.25, -0.2) is 14.8 Å². The molecular weight excluding hydrogens is 462 g/mol. The van der Waals surface area contributed by atoms with Crippen LogP contribution in [0.1, 0.15) is 37.3 Å². The summed E-state index contributed by atoms with van der Waals surface area (Å²) in [5.74, 6) is 1.64. The number of amides is 1. The number of nitrogens with zero attached hydrogens (tertiary/aromatic N) is 3.